The van der Waals surface area contributed by atoms with Crippen molar-refractivity contribution in [2.45, 2.75) is 37.8 Å². The van der Waals surface area contributed by atoms with Gasteiger partial charge in [-0.25, -0.2) is 0 Å². The van der Waals surface area contributed by atoms with Crippen molar-refractivity contribution in [3.05, 3.63) is 24.3 Å². The zero-order valence-corrected chi connectivity index (χ0v) is 13.3. The molecule has 2 aliphatic rings. The van der Waals surface area contributed by atoms with E-state index < -0.39 is 0 Å². The van der Waals surface area contributed by atoms with E-state index in [1.807, 2.05) is 29.2 Å². The van der Waals surface area contributed by atoms with Gasteiger partial charge in [0, 0.05) is 32.4 Å². The highest BCUT2D eigenvalue weighted by Crippen LogP contribution is 2.22. The van der Waals surface area contributed by atoms with E-state index in [9.17, 15) is 9.59 Å². The third kappa shape index (κ3) is 3.75. The molecule has 6 nitrogen and oxygen atoms in total. The number of carbonyl (C=O) groups excluding carboxylic acids is 2. The van der Waals surface area contributed by atoms with E-state index >= 15 is 0 Å². The molecule has 0 saturated carbocycles. The minimum atomic E-state index is -0.332. The summed E-state index contributed by atoms with van der Waals surface area (Å²) in [6, 6.07) is 7.20. The lowest BCUT2D eigenvalue weighted by Crippen LogP contribution is -2.49. The van der Waals surface area contributed by atoms with E-state index in [1.165, 1.54) is 0 Å². The minimum Gasteiger partial charge on any atom is -0.497 e. The molecule has 2 saturated heterocycles. The second-order valence-electron chi connectivity index (χ2n) is 5.98. The summed E-state index contributed by atoms with van der Waals surface area (Å²) in [5.41, 5.74) is 0. The number of rotatable bonds is 4. The fourth-order valence-electron chi connectivity index (χ4n) is 3.06. The summed E-state index contributed by atoms with van der Waals surface area (Å²) in [5.74, 6) is 1.63. The smallest absolute Gasteiger partial charge is 0.245 e. The lowest BCUT2D eigenvalue weighted by molar-refractivity contribution is -0.136. The van der Waals surface area contributed by atoms with Gasteiger partial charge in [0.1, 0.15) is 23.6 Å². The van der Waals surface area contributed by atoms with Crippen molar-refractivity contribution in [2.24, 2.45) is 0 Å². The van der Waals surface area contributed by atoms with E-state index in [1.54, 1.807) is 7.11 Å². The predicted molar refractivity (Wildman–Crippen MR) is 84.4 cm³/mol. The maximum Gasteiger partial charge on any atom is 0.245 e. The summed E-state index contributed by atoms with van der Waals surface area (Å²) in [7, 11) is 1.63. The number of likely N-dealkylation sites (tertiary alicyclic amines) is 1. The summed E-state index contributed by atoms with van der Waals surface area (Å²) < 4.78 is 11.1. The monoisotopic (exact) mass is 318 g/mol. The van der Waals surface area contributed by atoms with Crippen molar-refractivity contribution < 1.29 is 19.1 Å². The van der Waals surface area contributed by atoms with Crippen LogP contribution >= 0.6 is 0 Å². The number of methoxy groups -OCH3 is 1. The molecule has 1 N–H and O–H groups in total. The molecule has 2 heterocycles. The Kier molecular flexibility index (Phi) is 4.69. The van der Waals surface area contributed by atoms with Gasteiger partial charge in [-0.15, -0.1) is 0 Å². The lowest BCUT2D eigenvalue weighted by atomic mass is 10.1. The second-order valence-corrected chi connectivity index (χ2v) is 5.98. The van der Waals surface area contributed by atoms with Crippen LogP contribution in [0, 0.1) is 0 Å². The highest BCUT2D eigenvalue weighted by Gasteiger charge is 2.32. The Morgan fingerprint density at radius 2 is 1.78 bits per heavy atom. The molecule has 2 aliphatic heterocycles. The fourth-order valence-corrected chi connectivity index (χ4v) is 3.06. The number of amides is 2. The summed E-state index contributed by atoms with van der Waals surface area (Å²) in [4.78, 5) is 25.4. The summed E-state index contributed by atoms with van der Waals surface area (Å²) in [6.07, 6.45) is 2.79. The van der Waals surface area contributed by atoms with Gasteiger partial charge in [-0.05, 0) is 30.7 Å². The van der Waals surface area contributed by atoms with E-state index in [-0.39, 0.29) is 24.0 Å². The highest BCUT2D eigenvalue weighted by molar-refractivity contribution is 5.90. The number of nitrogens with zero attached hydrogens (tertiary/aromatic N) is 1. The first-order valence-corrected chi connectivity index (χ1v) is 8.04. The molecule has 124 valence electrons. The second kappa shape index (κ2) is 6.89. The zero-order chi connectivity index (χ0) is 16.2. The van der Waals surface area contributed by atoms with Crippen LogP contribution in [0.25, 0.3) is 0 Å². The molecule has 0 radical (unpaired) electrons. The topological polar surface area (TPSA) is 67.9 Å². The van der Waals surface area contributed by atoms with Crippen LogP contribution in [0.5, 0.6) is 11.5 Å². The quantitative estimate of drug-likeness (QED) is 0.910. The van der Waals surface area contributed by atoms with E-state index in [0.717, 1.165) is 24.3 Å². The Morgan fingerprint density at radius 1 is 1.13 bits per heavy atom. The number of benzene rings is 1. The van der Waals surface area contributed by atoms with Crippen LogP contribution in [-0.4, -0.2) is 49.1 Å². The molecular formula is C17H22N2O4. The molecule has 1 aromatic rings. The van der Waals surface area contributed by atoms with Crippen molar-refractivity contribution in [1.29, 1.82) is 0 Å². The number of hydrogen-bond acceptors (Lipinski definition) is 4. The number of hydrogen-bond donors (Lipinski definition) is 1. The van der Waals surface area contributed by atoms with Crippen molar-refractivity contribution in [2.75, 3.05) is 20.2 Å². The molecule has 0 spiro atoms. The largest absolute Gasteiger partial charge is 0.497 e. The van der Waals surface area contributed by atoms with Crippen molar-refractivity contribution >= 4 is 11.8 Å². The van der Waals surface area contributed by atoms with Gasteiger partial charge in [0.15, 0.2) is 0 Å². The Morgan fingerprint density at radius 3 is 2.35 bits per heavy atom. The maximum atomic E-state index is 12.3. The molecule has 2 amide bonds. The summed E-state index contributed by atoms with van der Waals surface area (Å²) >= 11 is 0. The summed E-state index contributed by atoms with van der Waals surface area (Å²) in [5, 5.41) is 2.74. The standard InChI is InChI=1S/C17H22N2O4/c1-22-12-2-4-13(5-3-12)23-14-8-10-19(11-9-14)17(21)15-6-7-16(20)18-15/h2-5,14-15H,6-11H2,1H3,(H,18,20)/t15-/m0/s1. The van der Waals surface area contributed by atoms with Gasteiger partial charge in [-0.2, -0.15) is 0 Å². The molecule has 0 aliphatic carbocycles. The predicted octanol–water partition coefficient (Wildman–Crippen LogP) is 1.34. The molecule has 6 heteroatoms. The lowest BCUT2D eigenvalue weighted by Gasteiger charge is -2.33. The molecule has 0 aromatic heterocycles. The van der Waals surface area contributed by atoms with Crippen LogP contribution in [0.1, 0.15) is 25.7 Å². The first-order chi connectivity index (χ1) is 11.2. The first-order valence-electron chi connectivity index (χ1n) is 8.04. The SMILES string of the molecule is COc1ccc(OC2CCN(C(=O)[C@@H]3CCC(=O)N3)CC2)cc1. The number of nitrogens with one attached hydrogen (secondary N) is 1. The van der Waals surface area contributed by atoms with Gasteiger partial charge in [-0.3, -0.25) is 9.59 Å². The summed E-state index contributed by atoms with van der Waals surface area (Å²) in [6.45, 7) is 1.35. The number of ether oxygens (including phenoxy) is 2. The maximum absolute atomic E-state index is 12.3. The van der Waals surface area contributed by atoms with Crippen molar-refractivity contribution in [3.63, 3.8) is 0 Å². The highest BCUT2D eigenvalue weighted by atomic mass is 16.5. The minimum absolute atomic E-state index is 0.0268. The Hall–Kier alpha value is -2.24. The molecule has 2 fully saturated rings. The van der Waals surface area contributed by atoms with Gasteiger partial charge >= 0.3 is 0 Å². The normalized spacial score (nSPS) is 21.9. The molecular weight excluding hydrogens is 296 g/mol. The van der Waals surface area contributed by atoms with Crippen LogP contribution in [-0.2, 0) is 9.59 Å². The van der Waals surface area contributed by atoms with Crippen LogP contribution in [0.3, 0.4) is 0 Å². The average molecular weight is 318 g/mol. The Balaban J connectivity index is 1.48. The van der Waals surface area contributed by atoms with Crippen LogP contribution in [0.15, 0.2) is 24.3 Å². The Labute approximate surface area is 135 Å². The van der Waals surface area contributed by atoms with E-state index in [4.69, 9.17) is 9.47 Å². The first kappa shape index (κ1) is 15.6. The van der Waals surface area contributed by atoms with Crippen LogP contribution in [0.2, 0.25) is 0 Å². The molecule has 0 bridgehead atoms. The third-order valence-corrected chi connectivity index (χ3v) is 4.41. The van der Waals surface area contributed by atoms with Gasteiger partial charge in [0.05, 0.1) is 7.11 Å². The van der Waals surface area contributed by atoms with Crippen molar-refractivity contribution in [1.82, 2.24) is 10.2 Å². The zero-order valence-electron chi connectivity index (χ0n) is 13.3. The van der Waals surface area contributed by atoms with E-state index in [0.29, 0.717) is 25.9 Å². The Bertz CT molecular complexity index is 564. The van der Waals surface area contributed by atoms with Crippen molar-refractivity contribution in [3.8, 4) is 11.5 Å². The van der Waals surface area contributed by atoms with E-state index in [2.05, 4.69) is 5.32 Å². The van der Waals surface area contributed by atoms with Crippen LogP contribution in [0.4, 0.5) is 0 Å². The van der Waals surface area contributed by atoms with Gasteiger partial charge in [-0.1, -0.05) is 0 Å². The fraction of sp³-hybridized carbons (Fsp3) is 0.529. The molecule has 1 aromatic carbocycles. The average Bonchev–Trinajstić information content (AvgIpc) is 3.02. The molecule has 0 unspecified atom stereocenters. The van der Waals surface area contributed by atoms with Gasteiger partial charge < -0.3 is 19.7 Å². The van der Waals surface area contributed by atoms with Gasteiger partial charge in [0.2, 0.25) is 11.8 Å². The number of carbonyl (C=O) groups is 2. The van der Waals surface area contributed by atoms with Crippen LogP contribution < -0.4 is 14.8 Å². The molecule has 1 atom stereocenters. The number of piperidine rings is 1. The third-order valence-electron chi connectivity index (χ3n) is 4.41. The van der Waals surface area contributed by atoms with Gasteiger partial charge in [0.25, 0.3) is 0 Å². The molecule has 3 rings (SSSR count). The molecule has 23 heavy (non-hydrogen) atoms.